The van der Waals surface area contributed by atoms with Crippen LogP contribution in [0.5, 0.6) is 0 Å². The summed E-state index contributed by atoms with van der Waals surface area (Å²) in [6, 6.07) is 27.2. The molecule has 3 aliphatic rings. The number of anilines is 3. The van der Waals surface area contributed by atoms with Crippen LogP contribution in [0.4, 0.5) is 17.1 Å². The number of hydrogen-bond donors (Lipinski definition) is 0. The molecule has 9 rings (SSSR count). The minimum atomic E-state index is -0.252. The number of hydrogen-bond acceptors (Lipinski definition) is 4. The average Bonchev–Trinajstić information content (AvgIpc) is 3.08. The van der Waals surface area contributed by atoms with E-state index in [0.717, 1.165) is 16.7 Å². The predicted molar refractivity (Wildman–Crippen MR) is 187 cm³/mol. The van der Waals surface area contributed by atoms with Gasteiger partial charge < -0.3 is 4.90 Å². The Morgan fingerprint density at radius 1 is 0.391 bits per heavy atom. The van der Waals surface area contributed by atoms with Gasteiger partial charge in [0, 0.05) is 70.1 Å². The molecule has 0 fully saturated rings. The lowest BCUT2D eigenvalue weighted by molar-refractivity contribution is 0.567. The van der Waals surface area contributed by atoms with Crippen molar-refractivity contribution in [2.24, 2.45) is 0 Å². The fourth-order valence-electron chi connectivity index (χ4n) is 8.36. The van der Waals surface area contributed by atoms with E-state index in [-0.39, 0.29) is 16.2 Å². The molecule has 0 N–H and O–H groups in total. The standard InChI is InChI=1S/C42H36N4/c1-40(2)31-16-28(25-10-7-13-43-22-25)18-33-37(31)46-38-32(40)17-29(26-11-8-14-44-23-26)19-34(38)42(5,6)36-21-30(27-12-9-15-45-24-27)20-35(39(36)46)41(33,3)4/h7-24H,1-6H3. The van der Waals surface area contributed by atoms with E-state index in [1.165, 1.54) is 67.1 Å². The van der Waals surface area contributed by atoms with Crippen molar-refractivity contribution in [1.29, 1.82) is 0 Å². The molecule has 4 heteroatoms. The predicted octanol–water partition coefficient (Wildman–Crippen LogP) is 10.3. The molecule has 0 radical (unpaired) electrons. The third-order valence-electron chi connectivity index (χ3n) is 11.0. The lowest BCUT2D eigenvalue weighted by Crippen LogP contribution is -2.43. The van der Waals surface area contributed by atoms with Gasteiger partial charge in [-0.15, -0.1) is 0 Å². The molecular formula is C42H36N4. The number of aromatic nitrogens is 3. The van der Waals surface area contributed by atoms with Crippen molar-refractivity contribution in [3.05, 3.63) is 143 Å². The van der Waals surface area contributed by atoms with Crippen molar-refractivity contribution < 1.29 is 0 Å². The highest BCUT2D eigenvalue weighted by atomic mass is 15.2. The van der Waals surface area contributed by atoms with E-state index in [9.17, 15) is 0 Å². The molecule has 0 aliphatic carbocycles. The monoisotopic (exact) mass is 596 g/mol. The summed E-state index contributed by atoms with van der Waals surface area (Å²) in [5.41, 5.74) is 18.4. The van der Waals surface area contributed by atoms with Gasteiger partial charge in [-0.05, 0) is 105 Å². The Bertz CT molecular complexity index is 1880. The molecule has 0 amide bonds. The van der Waals surface area contributed by atoms with Crippen LogP contribution in [0.3, 0.4) is 0 Å². The summed E-state index contributed by atoms with van der Waals surface area (Å²) in [5.74, 6) is 0. The molecule has 3 aromatic carbocycles. The first kappa shape index (κ1) is 27.2. The first-order valence-corrected chi connectivity index (χ1v) is 16.2. The van der Waals surface area contributed by atoms with E-state index in [1.54, 1.807) is 0 Å². The molecule has 6 aromatic rings. The quantitative estimate of drug-likeness (QED) is 0.204. The first-order valence-electron chi connectivity index (χ1n) is 16.2. The lowest BCUT2D eigenvalue weighted by atomic mass is 9.60. The second-order valence-electron chi connectivity index (χ2n) is 14.7. The zero-order valence-corrected chi connectivity index (χ0v) is 27.2. The lowest BCUT2D eigenvalue weighted by Gasteiger charge is -2.55. The molecule has 46 heavy (non-hydrogen) atoms. The van der Waals surface area contributed by atoms with E-state index in [1.807, 2.05) is 55.4 Å². The molecule has 0 saturated carbocycles. The Kier molecular flexibility index (Phi) is 5.33. The van der Waals surface area contributed by atoms with Crippen LogP contribution in [0.2, 0.25) is 0 Å². The molecule has 0 unspecified atom stereocenters. The summed E-state index contributed by atoms with van der Waals surface area (Å²) in [6.45, 7) is 14.5. The van der Waals surface area contributed by atoms with E-state index in [0.29, 0.717) is 0 Å². The van der Waals surface area contributed by atoms with Gasteiger partial charge in [0.05, 0.1) is 17.1 Å². The third-order valence-corrected chi connectivity index (χ3v) is 11.0. The van der Waals surface area contributed by atoms with Gasteiger partial charge in [-0.1, -0.05) is 59.7 Å². The summed E-state index contributed by atoms with van der Waals surface area (Å²) >= 11 is 0. The molecule has 0 atom stereocenters. The maximum absolute atomic E-state index is 4.51. The number of rotatable bonds is 3. The third kappa shape index (κ3) is 3.47. The zero-order chi connectivity index (χ0) is 31.6. The molecule has 3 aromatic heterocycles. The minimum Gasteiger partial charge on any atom is -0.309 e. The topological polar surface area (TPSA) is 41.9 Å². The number of benzene rings is 3. The van der Waals surface area contributed by atoms with Gasteiger partial charge in [0.2, 0.25) is 0 Å². The van der Waals surface area contributed by atoms with Crippen LogP contribution in [-0.2, 0) is 16.2 Å². The summed E-state index contributed by atoms with van der Waals surface area (Å²) in [5, 5.41) is 0. The van der Waals surface area contributed by atoms with Gasteiger partial charge in [-0.2, -0.15) is 0 Å². The van der Waals surface area contributed by atoms with Crippen LogP contribution in [0.15, 0.2) is 110 Å². The first-order chi connectivity index (χ1) is 22.1. The molecular weight excluding hydrogens is 560 g/mol. The molecule has 224 valence electrons. The highest BCUT2D eigenvalue weighted by molar-refractivity contribution is 6.00. The van der Waals surface area contributed by atoms with E-state index >= 15 is 0 Å². The van der Waals surface area contributed by atoms with Crippen molar-refractivity contribution in [3.8, 4) is 33.4 Å². The maximum Gasteiger partial charge on any atom is 0.0544 e. The van der Waals surface area contributed by atoms with Crippen molar-refractivity contribution >= 4 is 17.1 Å². The van der Waals surface area contributed by atoms with Gasteiger partial charge in [0.25, 0.3) is 0 Å². The largest absolute Gasteiger partial charge is 0.309 e. The summed E-state index contributed by atoms with van der Waals surface area (Å²) in [6.07, 6.45) is 11.5. The van der Waals surface area contributed by atoms with E-state index in [2.05, 4.69) is 116 Å². The summed E-state index contributed by atoms with van der Waals surface area (Å²) < 4.78 is 0. The van der Waals surface area contributed by atoms with E-state index < -0.39 is 0 Å². The Balaban J connectivity index is 1.45. The second kappa shape index (κ2) is 9.01. The van der Waals surface area contributed by atoms with Gasteiger partial charge >= 0.3 is 0 Å². The second-order valence-corrected chi connectivity index (χ2v) is 14.7. The Morgan fingerprint density at radius 3 is 0.870 bits per heavy atom. The number of pyridine rings is 3. The Morgan fingerprint density at radius 2 is 0.652 bits per heavy atom. The summed E-state index contributed by atoms with van der Waals surface area (Å²) in [7, 11) is 0. The van der Waals surface area contributed by atoms with Crippen molar-refractivity contribution in [3.63, 3.8) is 0 Å². The minimum absolute atomic E-state index is 0.252. The molecule has 0 bridgehead atoms. The van der Waals surface area contributed by atoms with Crippen LogP contribution in [-0.4, -0.2) is 15.0 Å². The highest BCUT2D eigenvalue weighted by Crippen LogP contribution is 2.67. The van der Waals surface area contributed by atoms with Crippen LogP contribution in [0.1, 0.15) is 74.9 Å². The average molecular weight is 597 g/mol. The fraction of sp³-hybridized carbons (Fsp3) is 0.214. The molecule has 3 aliphatic heterocycles. The van der Waals surface area contributed by atoms with Gasteiger partial charge in [0.15, 0.2) is 0 Å². The molecule has 4 nitrogen and oxygen atoms in total. The highest BCUT2D eigenvalue weighted by Gasteiger charge is 2.52. The van der Waals surface area contributed by atoms with Gasteiger partial charge in [-0.3, -0.25) is 15.0 Å². The zero-order valence-electron chi connectivity index (χ0n) is 27.2. The van der Waals surface area contributed by atoms with E-state index in [4.69, 9.17) is 0 Å². The van der Waals surface area contributed by atoms with Crippen molar-refractivity contribution in [2.75, 3.05) is 4.90 Å². The molecule has 6 heterocycles. The molecule has 0 saturated heterocycles. The van der Waals surface area contributed by atoms with Crippen LogP contribution in [0, 0.1) is 0 Å². The van der Waals surface area contributed by atoms with Gasteiger partial charge in [0.1, 0.15) is 0 Å². The Hall–Kier alpha value is -5.09. The maximum atomic E-state index is 4.51. The van der Waals surface area contributed by atoms with Crippen LogP contribution < -0.4 is 4.90 Å². The fourth-order valence-corrected chi connectivity index (χ4v) is 8.36. The number of nitrogens with zero attached hydrogens (tertiary/aromatic N) is 4. The smallest absolute Gasteiger partial charge is 0.0544 e. The molecule has 0 spiro atoms. The van der Waals surface area contributed by atoms with Gasteiger partial charge in [-0.25, -0.2) is 0 Å². The van der Waals surface area contributed by atoms with Crippen molar-refractivity contribution in [1.82, 2.24) is 15.0 Å². The summed E-state index contributed by atoms with van der Waals surface area (Å²) in [4.78, 5) is 16.1. The van der Waals surface area contributed by atoms with Crippen molar-refractivity contribution in [2.45, 2.75) is 57.8 Å². The normalized spacial score (nSPS) is 17.0. The Labute approximate surface area is 270 Å². The van der Waals surface area contributed by atoms with Crippen LogP contribution >= 0.6 is 0 Å². The SMILES string of the molecule is CC1(C)c2cc(-c3cccnc3)cc3c2N2c4c1cc(-c1cccnc1)cc4C(C)(C)c1cc(-c4cccnc4)cc(c12)C3(C)C. The van der Waals surface area contributed by atoms with Crippen LogP contribution in [0.25, 0.3) is 33.4 Å².